The van der Waals surface area contributed by atoms with Gasteiger partial charge in [-0.3, -0.25) is 4.79 Å². The average molecular weight is 295 g/mol. The smallest absolute Gasteiger partial charge is 0.217 e. The Balaban J connectivity index is 2.98. The molecule has 1 rings (SSSR count). The zero-order chi connectivity index (χ0) is 15.5. The molecule has 1 amide bonds. The highest BCUT2D eigenvalue weighted by molar-refractivity contribution is 5.73. The molecule has 0 aliphatic carbocycles. The zero-order valence-electron chi connectivity index (χ0n) is 11.0. The van der Waals surface area contributed by atoms with E-state index in [1.165, 1.54) is 6.92 Å². The molecule has 0 bridgehead atoms. The first-order valence-corrected chi connectivity index (χ1v) is 6.17. The van der Waals surface area contributed by atoms with Crippen molar-refractivity contribution in [3.05, 3.63) is 0 Å². The lowest BCUT2D eigenvalue weighted by Crippen LogP contribution is -2.66. The summed E-state index contributed by atoms with van der Waals surface area (Å²) >= 11 is 0. The highest BCUT2D eigenvalue weighted by Crippen LogP contribution is 2.29. The Morgan fingerprint density at radius 3 is 2.50 bits per heavy atom. The molecule has 0 saturated carbocycles. The number of carbonyl (C=O) groups excluding carboxylic acids is 1. The number of nitrogens with one attached hydrogen (secondary N) is 1. The summed E-state index contributed by atoms with van der Waals surface area (Å²) in [4.78, 5) is 11.1. The van der Waals surface area contributed by atoms with Crippen LogP contribution in [0.25, 0.3) is 0 Å². The maximum absolute atomic E-state index is 11.1. The van der Waals surface area contributed by atoms with E-state index in [0.29, 0.717) is 0 Å². The topological polar surface area (TPSA) is 160 Å². The highest BCUT2D eigenvalue weighted by Gasteiger charge is 2.49. The summed E-state index contributed by atoms with van der Waals surface area (Å²) < 4.78 is 5.10. The van der Waals surface area contributed by atoms with Crippen LogP contribution < -0.4 is 5.32 Å². The monoisotopic (exact) mass is 295 g/mol. The van der Waals surface area contributed by atoms with E-state index in [1.807, 2.05) is 0 Å². The van der Waals surface area contributed by atoms with Crippen LogP contribution in [0.15, 0.2) is 0 Å². The van der Waals surface area contributed by atoms with Gasteiger partial charge in [-0.1, -0.05) is 0 Å². The molecule has 1 aliphatic heterocycles. The van der Waals surface area contributed by atoms with Crippen molar-refractivity contribution in [3.8, 4) is 0 Å². The predicted octanol–water partition coefficient (Wildman–Crippen LogP) is -3.96. The molecule has 1 unspecified atom stereocenters. The number of aliphatic hydroxyl groups is 6. The molecule has 0 aromatic rings. The van der Waals surface area contributed by atoms with E-state index >= 15 is 0 Å². The molecule has 7 N–H and O–H groups in total. The van der Waals surface area contributed by atoms with Gasteiger partial charge in [0.25, 0.3) is 0 Å². The summed E-state index contributed by atoms with van der Waals surface area (Å²) in [5.74, 6) is -2.61. The molecule has 9 nitrogen and oxygen atoms in total. The Morgan fingerprint density at radius 2 is 2.05 bits per heavy atom. The molecule has 9 heteroatoms. The lowest BCUT2D eigenvalue weighted by atomic mass is 9.89. The second-order valence-electron chi connectivity index (χ2n) is 4.93. The summed E-state index contributed by atoms with van der Waals surface area (Å²) in [6.07, 6.45) is -6.36. The number of aliphatic hydroxyl groups excluding tert-OH is 5. The van der Waals surface area contributed by atoms with Gasteiger partial charge in [-0.25, -0.2) is 0 Å². The van der Waals surface area contributed by atoms with Crippen molar-refractivity contribution in [1.29, 1.82) is 0 Å². The van der Waals surface area contributed by atoms with Crippen molar-refractivity contribution in [3.63, 3.8) is 0 Å². The van der Waals surface area contributed by atoms with E-state index in [0.717, 1.165) is 0 Å². The molecule has 0 aromatic carbocycles. The van der Waals surface area contributed by atoms with E-state index < -0.39 is 55.4 Å². The number of hydrogen-bond acceptors (Lipinski definition) is 8. The van der Waals surface area contributed by atoms with E-state index in [4.69, 9.17) is 14.9 Å². The van der Waals surface area contributed by atoms with Crippen molar-refractivity contribution in [1.82, 2.24) is 5.32 Å². The SMILES string of the molecule is CC(=O)N[C@H]1[C@H]([C@@H](O)[C@H](O)CO)OC(O)(CO)C[C@@H]1O. The van der Waals surface area contributed by atoms with Crippen molar-refractivity contribution < 1.29 is 40.2 Å². The van der Waals surface area contributed by atoms with Gasteiger partial charge in [0.05, 0.1) is 25.4 Å². The van der Waals surface area contributed by atoms with Gasteiger partial charge in [0.1, 0.15) is 18.3 Å². The van der Waals surface area contributed by atoms with Crippen LogP contribution in [0.3, 0.4) is 0 Å². The predicted molar refractivity (Wildman–Crippen MR) is 64.2 cm³/mol. The Bertz CT molecular complexity index is 340. The van der Waals surface area contributed by atoms with Gasteiger partial charge in [-0.2, -0.15) is 0 Å². The van der Waals surface area contributed by atoms with Crippen LogP contribution >= 0.6 is 0 Å². The summed E-state index contributed by atoms with van der Waals surface area (Å²) in [6, 6.07) is -1.10. The normalized spacial score (nSPS) is 37.2. The maximum atomic E-state index is 11.1. The lowest BCUT2D eigenvalue weighted by molar-refractivity contribution is -0.312. The number of hydrogen-bond donors (Lipinski definition) is 7. The zero-order valence-corrected chi connectivity index (χ0v) is 11.0. The average Bonchev–Trinajstić information content (AvgIpc) is 2.39. The standard InChI is InChI=1S/C11H21NO8/c1-5(15)12-8-6(16)2-11(19,4-14)20-10(8)9(18)7(17)3-13/h6-10,13-14,16-19H,2-4H2,1H3,(H,12,15)/t6-,7+,8+,9-,10+,11?/m0/s1. The first kappa shape index (κ1) is 17.2. The molecule has 20 heavy (non-hydrogen) atoms. The number of amides is 1. The van der Waals surface area contributed by atoms with E-state index in [2.05, 4.69) is 5.32 Å². The van der Waals surface area contributed by atoms with Gasteiger partial charge in [0, 0.05) is 13.3 Å². The minimum atomic E-state index is -2.10. The number of carbonyl (C=O) groups is 1. The molecule has 0 aromatic heterocycles. The van der Waals surface area contributed by atoms with Crippen LogP contribution in [0, 0.1) is 0 Å². The van der Waals surface area contributed by atoms with E-state index in [-0.39, 0.29) is 6.42 Å². The molecule has 1 aliphatic rings. The summed E-state index contributed by atoms with van der Waals surface area (Å²) in [5, 5.41) is 59.4. The second kappa shape index (κ2) is 6.76. The van der Waals surface area contributed by atoms with Gasteiger partial charge in [0.15, 0.2) is 5.79 Å². The molecule has 1 fully saturated rings. The van der Waals surface area contributed by atoms with Gasteiger partial charge in [0.2, 0.25) is 5.91 Å². The third kappa shape index (κ3) is 3.85. The minimum absolute atomic E-state index is 0.382. The third-order valence-corrected chi connectivity index (χ3v) is 3.19. The summed E-state index contributed by atoms with van der Waals surface area (Å²) in [5.41, 5.74) is 0. The maximum Gasteiger partial charge on any atom is 0.217 e. The molecule has 118 valence electrons. The van der Waals surface area contributed by atoms with Crippen LogP contribution in [0.4, 0.5) is 0 Å². The molecule has 0 radical (unpaired) electrons. The number of ether oxygens (including phenoxy) is 1. The van der Waals surface area contributed by atoms with Crippen LogP contribution in [-0.2, 0) is 9.53 Å². The number of rotatable bonds is 5. The van der Waals surface area contributed by atoms with Gasteiger partial charge >= 0.3 is 0 Å². The van der Waals surface area contributed by atoms with E-state index in [9.17, 15) is 25.2 Å². The van der Waals surface area contributed by atoms with E-state index in [1.54, 1.807) is 0 Å². The van der Waals surface area contributed by atoms with Crippen molar-refractivity contribution in [2.45, 2.75) is 49.6 Å². The Hall–Kier alpha value is -0.810. The minimum Gasteiger partial charge on any atom is -0.394 e. The quantitative estimate of drug-likeness (QED) is 0.270. The van der Waals surface area contributed by atoms with Gasteiger partial charge in [-0.05, 0) is 0 Å². The Kier molecular flexibility index (Phi) is 5.83. The summed E-state index contributed by atoms with van der Waals surface area (Å²) in [7, 11) is 0. The first-order valence-electron chi connectivity index (χ1n) is 6.17. The third-order valence-electron chi connectivity index (χ3n) is 3.19. The largest absolute Gasteiger partial charge is 0.394 e. The van der Waals surface area contributed by atoms with Crippen molar-refractivity contribution >= 4 is 5.91 Å². The summed E-state index contributed by atoms with van der Waals surface area (Å²) in [6.45, 7) is -0.428. The molecule has 0 spiro atoms. The Morgan fingerprint density at radius 1 is 1.45 bits per heavy atom. The van der Waals surface area contributed by atoms with Crippen molar-refractivity contribution in [2.24, 2.45) is 0 Å². The second-order valence-corrected chi connectivity index (χ2v) is 4.93. The van der Waals surface area contributed by atoms with Crippen LogP contribution in [-0.4, -0.2) is 86.0 Å². The molecule has 1 saturated heterocycles. The fraction of sp³-hybridized carbons (Fsp3) is 0.909. The first-order chi connectivity index (χ1) is 9.24. The molecule has 1 heterocycles. The van der Waals surface area contributed by atoms with Gasteiger partial charge < -0.3 is 40.7 Å². The van der Waals surface area contributed by atoms with Crippen LogP contribution in [0.2, 0.25) is 0 Å². The molecular formula is C11H21NO8. The fourth-order valence-electron chi connectivity index (χ4n) is 2.17. The van der Waals surface area contributed by atoms with Crippen molar-refractivity contribution in [2.75, 3.05) is 13.2 Å². The van der Waals surface area contributed by atoms with Gasteiger partial charge in [-0.15, -0.1) is 0 Å². The fourth-order valence-corrected chi connectivity index (χ4v) is 2.17. The van der Waals surface area contributed by atoms with Crippen LogP contribution in [0.1, 0.15) is 13.3 Å². The molecule has 6 atom stereocenters. The lowest BCUT2D eigenvalue weighted by Gasteiger charge is -2.45. The molecular weight excluding hydrogens is 274 g/mol. The highest BCUT2D eigenvalue weighted by atomic mass is 16.7. The Labute approximate surface area is 115 Å². The van der Waals surface area contributed by atoms with Crippen LogP contribution in [0.5, 0.6) is 0 Å².